The Hall–Kier alpha value is -2.18. The van der Waals surface area contributed by atoms with Crippen LogP contribution in [0.15, 0.2) is 53.4 Å². The van der Waals surface area contributed by atoms with Crippen LogP contribution in [0.5, 0.6) is 0 Å². The Labute approximate surface area is 155 Å². The van der Waals surface area contributed by atoms with Crippen LogP contribution in [0.4, 0.5) is 5.69 Å². The summed E-state index contributed by atoms with van der Waals surface area (Å²) in [7, 11) is -3.61. The van der Waals surface area contributed by atoms with Gasteiger partial charge in [0.2, 0.25) is 15.9 Å². The summed E-state index contributed by atoms with van der Waals surface area (Å²) in [6.07, 6.45) is 0.674. The van der Waals surface area contributed by atoms with Gasteiger partial charge in [-0.2, -0.15) is 0 Å². The number of nitrogens with zero attached hydrogens (tertiary/aromatic N) is 1. The Morgan fingerprint density at radius 3 is 2.50 bits per heavy atom. The van der Waals surface area contributed by atoms with Gasteiger partial charge in [0.1, 0.15) is 0 Å². The first-order valence-electron chi connectivity index (χ1n) is 8.67. The van der Waals surface area contributed by atoms with Crippen LogP contribution in [0.1, 0.15) is 31.9 Å². The first-order chi connectivity index (χ1) is 12.2. The van der Waals surface area contributed by atoms with Gasteiger partial charge in [0.15, 0.2) is 0 Å². The summed E-state index contributed by atoms with van der Waals surface area (Å²) in [6.45, 7) is 6.45. The quantitative estimate of drug-likeness (QED) is 0.878. The van der Waals surface area contributed by atoms with Crippen LogP contribution in [-0.2, 0) is 26.7 Å². The minimum atomic E-state index is -3.61. The average molecular weight is 372 g/mol. The third-order valence-electron chi connectivity index (χ3n) is 4.90. The lowest BCUT2D eigenvalue weighted by Gasteiger charge is -2.25. The lowest BCUT2D eigenvalue weighted by atomic mass is 9.85. The molecular weight excluding hydrogens is 348 g/mol. The SMILES string of the molecule is CC(=O)N1CCc2cc(S(=O)(=O)NCC(C)(C)c3ccccc3)ccc21. The normalized spacial score (nSPS) is 14.3. The molecule has 0 spiro atoms. The molecule has 26 heavy (non-hydrogen) atoms. The van der Waals surface area contributed by atoms with Gasteiger partial charge in [0, 0.05) is 31.1 Å². The molecule has 0 aromatic heterocycles. The van der Waals surface area contributed by atoms with Crippen molar-refractivity contribution in [3.05, 3.63) is 59.7 Å². The van der Waals surface area contributed by atoms with Gasteiger partial charge in [-0.3, -0.25) is 4.79 Å². The van der Waals surface area contributed by atoms with Crippen LogP contribution in [0.3, 0.4) is 0 Å². The van der Waals surface area contributed by atoms with Crippen molar-refractivity contribution in [2.45, 2.75) is 37.5 Å². The molecule has 3 rings (SSSR count). The second-order valence-electron chi connectivity index (χ2n) is 7.29. The van der Waals surface area contributed by atoms with Crippen LogP contribution < -0.4 is 9.62 Å². The number of carbonyl (C=O) groups excluding carboxylic acids is 1. The molecule has 0 fully saturated rings. The van der Waals surface area contributed by atoms with Crippen molar-refractivity contribution in [1.82, 2.24) is 4.72 Å². The van der Waals surface area contributed by atoms with E-state index in [-0.39, 0.29) is 16.2 Å². The van der Waals surface area contributed by atoms with Gasteiger partial charge in [-0.05, 0) is 35.7 Å². The summed E-state index contributed by atoms with van der Waals surface area (Å²) >= 11 is 0. The summed E-state index contributed by atoms with van der Waals surface area (Å²) < 4.78 is 28.2. The maximum absolute atomic E-state index is 12.7. The van der Waals surface area contributed by atoms with Gasteiger partial charge < -0.3 is 4.90 Å². The maximum Gasteiger partial charge on any atom is 0.240 e. The van der Waals surface area contributed by atoms with Gasteiger partial charge in [-0.25, -0.2) is 13.1 Å². The van der Waals surface area contributed by atoms with Crippen molar-refractivity contribution >= 4 is 21.6 Å². The van der Waals surface area contributed by atoms with E-state index in [0.29, 0.717) is 19.5 Å². The van der Waals surface area contributed by atoms with Gasteiger partial charge in [0.05, 0.1) is 4.90 Å². The van der Waals surface area contributed by atoms with Crippen LogP contribution in [0.25, 0.3) is 0 Å². The number of amides is 1. The fourth-order valence-electron chi connectivity index (χ4n) is 3.22. The summed E-state index contributed by atoms with van der Waals surface area (Å²) in [6, 6.07) is 14.8. The summed E-state index contributed by atoms with van der Waals surface area (Å²) in [4.78, 5) is 13.6. The number of nitrogens with one attached hydrogen (secondary N) is 1. The fourth-order valence-corrected chi connectivity index (χ4v) is 4.48. The highest BCUT2D eigenvalue weighted by molar-refractivity contribution is 7.89. The first-order valence-corrected chi connectivity index (χ1v) is 10.2. The van der Waals surface area contributed by atoms with Gasteiger partial charge in [-0.15, -0.1) is 0 Å². The number of anilines is 1. The molecule has 0 unspecified atom stereocenters. The van der Waals surface area contributed by atoms with Crippen LogP contribution in [0.2, 0.25) is 0 Å². The van der Waals surface area contributed by atoms with Crippen molar-refractivity contribution in [3.63, 3.8) is 0 Å². The first kappa shape index (κ1) is 18.6. The van der Waals surface area contributed by atoms with Crippen molar-refractivity contribution in [2.75, 3.05) is 18.0 Å². The van der Waals surface area contributed by atoms with E-state index >= 15 is 0 Å². The summed E-state index contributed by atoms with van der Waals surface area (Å²) in [5.74, 6) is -0.0258. The Kier molecular flexibility index (Phi) is 4.90. The zero-order valence-corrected chi connectivity index (χ0v) is 16.1. The highest BCUT2D eigenvalue weighted by atomic mass is 32.2. The van der Waals surface area contributed by atoms with Crippen LogP contribution in [0, 0.1) is 0 Å². The monoisotopic (exact) mass is 372 g/mol. The molecule has 2 aromatic rings. The standard InChI is InChI=1S/C20H24N2O3S/c1-15(23)22-12-11-16-13-18(9-10-19(16)22)26(24,25)21-14-20(2,3)17-7-5-4-6-8-17/h4-10,13,21H,11-12,14H2,1-3H3. The average Bonchev–Trinajstić information content (AvgIpc) is 3.04. The molecular formula is C20H24N2O3S. The molecule has 2 aromatic carbocycles. The maximum atomic E-state index is 12.7. The second-order valence-corrected chi connectivity index (χ2v) is 9.05. The molecule has 1 heterocycles. The van der Waals surface area contributed by atoms with Crippen molar-refractivity contribution < 1.29 is 13.2 Å². The van der Waals surface area contributed by atoms with Gasteiger partial charge in [0.25, 0.3) is 0 Å². The fraction of sp³-hybridized carbons (Fsp3) is 0.350. The molecule has 6 heteroatoms. The second kappa shape index (κ2) is 6.85. The van der Waals surface area contributed by atoms with E-state index in [1.54, 1.807) is 23.1 Å². The predicted molar refractivity (Wildman–Crippen MR) is 103 cm³/mol. The van der Waals surface area contributed by atoms with E-state index < -0.39 is 10.0 Å². The summed E-state index contributed by atoms with van der Waals surface area (Å²) in [5.41, 5.74) is 2.46. The van der Waals surface area contributed by atoms with Gasteiger partial charge in [-0.1, -0.05) is 44.2 Å². The smallest absolute Gasteiger partial charge is 0.240 e. The molecule has 1 aliphatic rings. The van der Waals surface area contributed by atoms with Crippen molar-refractivity contribution in [2.24, 2.45) is 0 Å². The van der Waals surface area contributed by atoms with E-state index in [1.165, 1.54) is 6.92 Å². The van der Waals surface area contributed by atoms with Crippen LogP contribution >= 0.6 is 0 Å². The number of benzene rings is 2. The van der Waals surface area contributed by atoms with E-state index in [2.05, 4.69) is 4.72 Å². The molecule has 1 aliphatic heterocycles. The van der Waals surface area contributed by atoms with Crippen LogP contribution in [-0.4, -0.2) is 27.4 Å². The number of sulfonamides is 1. The van der Waals surface area contributed by atoms with Gasteiger partial charge >= 0.3 is 0 Å². The molecule has 0 saturated carbocycles. The lowest BCUT2D eigenvalue weighted by molar-refractivity contribution is -0.116. The molecule has 0 saturated heterocycles. The molecule has 1 amide bonds. The largest absolute Gasteiger partial charge is 0.312 e. The Morgan fingerprint density at radius 1 is 1.15 bits per heavy atom. The number of carbonyl (C=O) groups is 1. The summed E-state index contributed by atoms with van der Waals surface area (Å²) in [5, 5.41) is 0. The van der Waals surface area contributed by atoms with E-state index in [0.717, 1.165) is 16.8 Å². The molecule has 1 N–H and O–H groups in total. The molecule has 0 radical (unpaired) electrons. The zero-order chi connectivity index (χ0) is 18.9. The minimum absolute atomic E-state index is 0.0258. The minimum Gasteiger partial charge on any atom is -0.312 e. The highest BCUT2D eigenvalue weighted by Gasteiger charge is 2.27. The molecule has 138 valence electrons. The van der Waals surface area contributed by atoms with E-state index in [9.17, 15) is 13.2 Å². The predicted octanol–water partition coefficient (Wildman–Crippen LogP) is 2.85. The molecule has 5 nitrogen and oxygen atoms in total. The zero-order valence-electron chi connectivity index (χ0n) is 15.3. The molecule has 0 bridgehead atoms. The number of rotatable bonds is 5. The topological polar surface area (TPSA) is 66.5 Å². The molecule has 0 atom stereocenters. The Balaban J connectivity index is 1.78. The molecule has 0 aliphatic carbocycles. The third-order valence-corrected chi connectivity index (χ3v) is 6.30. The number of hydrogen-bond donors (Lipinski definition) is 1. The third kappa shape index (κ3) is 3.66. The van der Waals surface area contributed by atoms with E-state index in [4.69, 9.17) is 0 Å². The highest BCUT2D eigenvalue weighted by Crippen LogP contribution is 2.30. The number of hydrogen-bond acceptors (Lipinski definition) is 3. The lowest BCUT2D eigenvalue weighted by Crippen LogP contribution is -2.36. The van der Waals surface area contributed by atoms with Crippen molar-refractivity contribution in [1.29, 1.82) is 0 Å². The number of fused-ring (bicyclic) bond motifs is 1. The van der Waals surface area contributed by atoms with Crippen molar-refractivity contribution in [3.8, 4) is 0 Å². The Bertz CT molecular complexity index is 921. The Morgan fingerprint density at radius 2 is 1.85 bits per heavy atom. The van der Waals surface area contributed by atoms with E-state index in [1.807, 2.05) is 44.2 Å².